The lowest BCUT2D eigenvalue weighted by molar-refractivity contribution is -0.116. The second-order valence-corrected chi connectivity index (χ2v) is 5.15. The molecule has 0 atom stereocenters. The molecule has 0 saturated carbocycles. The van der Waals surface area contributed by atoms with Crippen molar-refractivity contribution in [2.24, 2.45) is 0 Å². The molecule has 106 valence electrons. The lowest BCUT2D eigenvalue weighted by atomic mass is 10.2. The van der Waals surface area contributed by atoms with E-state index in [1.807, 2.05) is 19.1 Å². The van der Waals surface area contributed by atoms with E-state index in [0.717, 1.165) is 24.3 Å². The number of hydrogen-bond acceptors (Lipinski definition) is 2. The molecule has 0 spiro atoms. The van der Waals surface area contributed by atoms with Gasteiger partial charge in [-0.25, -0.2) is 0 Å². The van der Waals surface area contributed by atoms with Crippen molar-refractivity contribution in [2.45, 2.75) is 39.5 Å². The van der Waals surface area contributed by atoms with Crippen molar-refractivity contribution in [3.05, 3.63) is 28.8 Å². The molecule has 19 heavy (non-hydrogen) atoms. The van der Waals surface area contributed by atoms with E-state index in [1.54, 1.807) is 6.07 Å². The van der Waals surface area contributed by atoms with Gasteiger partial charge >= 0.3 is 0 Å². The van der Waals surface area contributed by atoms with Gasteiger partial charge in [0.05, 0.1) is 0 Å². The molecule has 3 nitrogen and oxygen atoms in total. The van der Waals surface area contributed by atoms with Crippen molar-refractivity contribution >= 4 is 23.2 Å². The Morgan fingerprint density at radius 2 is 2.05 bits per heavy atom. The fourth-order valence-electron chi connectivity index (χ4n) is 1.81. The van der Waals surface area contributed by atoms with E-state index in [1.165, 1.54) is 19.3 Å². The van der Waals surface area contributed by atoms with E-state index in [9.17, 15) is 4.79 Å². The van der Waals surface area contributed by atoms with E-state index in [2.05, 4.69) is 17.6 Å². The van der Waals surface area contributed by atoms with Crippen LogP contribution in [0.15, 0.2) is 18.2 Å². The lowest BCUT2D eigenvalue weighted by Crippen LogP contribution is -2.22. The summed E-state index contributed by atoms with van der Waals surface area (Å²) >= 11 is 5.87. The van der Waals surface area contributed by atoms with Gasteiger partial charge in [-0.1, -0.05) is 31.4 Å². The summed E-state index contributed by atoms with van der Waals surface area (Å²) in [6.45, 7) is 5.83. The molecule has 0 heterocycles. The molecule has 0 bridgehead atoms. The number of halogens is 1. The van der Waals surface area contributed by atoms with Crippen LogP contribution in [0.3, 0.4) is 0 Å². The van der Waals surface area contributed by atoms with Gasteiger partial charge in [-0.3, -0.25) is 4.79 Å². The van der Waals surface area contributed by atoms with Gasteiger partial charge in [0.1, 0.15) is 0 Å². The van der Waals surface area contributed by atoms with E-state index < -0.39 is 0 Å². The molecule has 0 fully saturated rings. The Morgan fingerprint density at radius 3 is 2.74 bits per heavy atom. The molecule has 1 aromatic carbocycles. The lowest BCUT2D eigenvalue weighted by Gasteiger charge is -2.09. The molecular formula is C15H23ClN2O. The maximum absolute atomic E-state index is 11.8. The predicted molar refractivity (Wildman–Crippen MR) is 81.8 cm³/mol. The van der Waals surface area contributed by atoms with Gasteiger partial charge in [0.2, 0.25) is 5.91 Å². The summed E-state index contributed by atoms with van der Waals surface area (Å²) < 4.78 is 0. The van der Waals surface area contributed by atoms with E-state index in [4.69, 9.17) is 11.6 Å². The fraction of sp³-hybridized carbons (Fsp3) is 0.533. The van der Waals surface area contributed by atoms with Crippen molar-refractivity contribution in [1.82, 2.24) is 5.32 Å². The number of benzene rings is 1. The standard InChI is InChI=1S/C15H23ClN2O/c1-3-4-5-9-17-10-8-15(19)18-14-7-6-13(16)11-12(14)2/h6-7,11,17H,3-5,8-10H2,1-2H3,(H,18,19). The second-order valence-electron chi connectivity index (χ2n) is 4.71. The Kier molecular flexibility index (Phi) is 7.53. The summed E-state index contributed by atoms with van der Waals surface area (Å²) in [5, 5.41) is 6.87. The molecule has 1 amide bonds. The van der Waals surface area contributed by atoms with Gasteiger partial charge in [-0.2, -0.15) is 0 Å². The van der Waals surface area contributed by atoms with Crippen LogP contribution in [0.2, 0.25) is 5.02 Å². The SMILES string of the molecule is CCCCCNCCC(=O)Nc1ccc(Cl)cc1C. The average molecular weight is 283 g/mol. The van der Waals surface area contributed by atoms with Crippen molar-refractivity contribution < 1.29 is 4.79 Å². The third kappa shape index (κ3) is 6.60. The summed E-state index contributed by atoms with van der Waals surface area (Å²) in [7, 11) is 0. The minimum atomic E-state index is 0.0356. The maximum Gasteiger partial charge on any atom is 0.225 e. The smallest absolute Gasteiger partial charge is 0.225 e. The highest BCUT2D eigenvalue weighted by molar-refractivity contribution is 6.30. The van der Waals surface area contributed by atoms with Gasteiger partial charge in [0.15, 0.2) is 0 Å². The number of carbonyl (C=O) groups is 1. The van der Waals surface area contributed by atoms with Crippen molar-refractivity contribution in [1.29, 1.82) is 0 Å². The number of rotatable bonds is 8. The number of hydrogen-bond donors (Lipinski definition) is 2. The molecule has 0 unspecified atom stereocenters. The van der Waals surface area contributed by atoms with E-state index >= 15 is 0 Å². The van der Waals surface area contributed by atoms with Gasteiger partial charge < -0.3 is 10.6 Å². The summed E-state index contributed by atoms with van der Waals surface area (Å²) in [4.78, 5) is 11.8. The first-order valence-corrected chi connectivity index (χ1v) is 7.28. The Bertz CT molecular complexity index is 407. The van der Waals surface area contributed by atoms with Crippen LogP contribution in [0.5, 0.6) is 0 Å². The molecule has 0 aliphatic rings. The van der Waals surface area contributed by atoms with Gasteiger partial charge in [0.25, 0.3) is 0 Å². The molecule has 1 aromatic rings. The van der Waals surface area contributed by atoms with Crippen molar-refractivity contribution in [2.75, 3.05) is 18.4 Å². The number of aryl methyl sites for hydroxylation is 1. The zero-order valence-corrected chi connectivity index (χ0v) is 12.5. The molecule has 0 radical (unpaired) electrons. The first-order valence-electron chi connectivity index (χ1n) is 6.90. The second kappa shape index (κ2) is 8.94. The topological polar surface area (TPSA) is 41.1 Å². The third-order valence-electron chi connectivity index (χ3n) is 2.95. The van der Waals surface area contributed by atoms with Crippen LogP contribution in [0.4, 0.5) is 5.69 Å². The first kappa shape index (κ1) is 16.0. The molecule has 1 rings (SSSR count). The van der Waals surface area contributed by atoms with Crippen molar-refractivity contribution in [3.63, 3.8) is 0 Å². The number of nitrogens with one attached hydrogen (secondary N) is 2. The molecule has 2 N–H and O–H groups in total. The fourth-order valence-corrected chi connectivity index (χ4v) is 2.03. The quantitative estimate of drug-likeness (QED) is 0.713. The van der Waals surface area contributed by atoms with Crippen LogP contribution in [0.25, 0.3) is 0 Å². The normalized spacial score (nSPS) is 10.5. The van der Waals surface area contributed by atoms with Gasteiger partial charge in [0, 0.05) is 23.7 Å². The maximum atomic E-state index is 11.8. The molecule has 0 saturated heterocycles. The first-order chi connectivity index (χ1) is 9.13. The average Bonchev–Trinajstić information content (AvgIpc) is 2.37. The molecule has 0 aliphatic carbocycles. The zero-order chi connectivity index (χ0) is 14.1. The summed E-state index contributed by atoms with van der Waals surface area (Å²) in [5.41, 5.74) is 1.82. The number of anilines is 1. The van der Waals surface area contributed by atoms with E-state index in [0.29, 0.717) is 11.4 Å². The van der Waals surface area contributed by atoms with Crippen molar-refractivity contribution in [3.8, 4) is 0 Å². The molecule has 4 heteroatoms. The molecule has 0 aromatic heterocycles. The van der Waals surface area contributed by atoms with Gasteiger partial charge in [-0.15, -0.1) is 0 Å². The Labute approximate surface area is 120 Å². The highest BCUT2D eigenvalue weighted by Crippen LogP contribution is 2.19. The van der Waals surface area contributed by atoms with Crippen LogP contribution in [0.1, 0.15) is 38.2 Å². The Balaban J connectivity index is 2.23. The Morgan fingerprint density at radius 1 is 1.26 bits per heavy atom. The third-order valence-corrected chi connectivity index (χ3v) is 3.18. The summed E-state index contributed by atoms with van der Waals surface area (Å²) in [6, 6.07) is 5.47. The molecular weight excluding hydrogens is 260 g/mol. The minimum Gasteiger partial charge on any atom is -0.326 e. The Hall–Kier alpha value is -1.06. The van der Waals surface area contributed by atoms with E-state index in [-0.39, 0.29) is 5.91 Å². The summed E-state index contributed by atoms with van der Waals surface area (Å²) in [6.07, 6.45) is 4.13. The highest BCUT2D eigenvalue weighted by atomic mass is 35.5. The summed E-state index contributed by atoms with van der Waals surface area (Å²) in [5.74, 6) is 0.0356. The molecule has 0 aliphatic heterocycles. The number of amides is 1. The predicted octanol–water partition coefficient (Wildman–Crippen LogP) is 3.76. The zero-order valence-electron chi connectivity index (χ0n) is 11.8. The minimum absolute atomic E-state index is 0.0356. The largest absolute Gasteiger partial charge is 0.326 e. The van der Waals surface area contributed by atoms with Crippen LogP contribution in [0, 0.1) is 6.92 Å². The highest BCUT2D eigenvalue weighted by Gasteiger charge is 2.04. The van der Waals surface area contributed by atoms with Crippen LogP contribution in [-0.4, -0.2) is 19.0 Å². The van der Waals surface area contributed by atoms with Crippen LogP contribution in [-0.2, 0) is 4.79 Å². The number of carbonyl (C=O) groups excluding carboxylic acids is 1. The monoisotopic (exact) mass is 282 g/mol. The van der Waals surface area contributed by atoms with Gasteiger partial charge in [-0.05, 0) is 43.7 Å². The van der Waals surface area contributed by atoms with Crippen LogP contribution >= 0.6 is 11.6 Å². The number of unbranched alkanes of at least 4 members (excludes halogenated alkanes) is 2. The van der Waals surface area contributed by atoms with Crippen LogP contribution < -0.4 is 10.6 Å².